The monoisotopic (exact) mass is 505 g/mol. The molecule has 0 saturated carbocycles. The van der Waals surface area contributed by atoms with Gasteiger partial charge in [-0.1, -0.05) is 23.4 Å². The summed E-state index contributed by atoms with van der Waals surface area (Å²) in [4.78, 5) is 66.9. The molecule has 1 aromatic rings. The maximum atomic E-state index is 12.7. The molecule has 0 bridgehead atoms. The fourth-order valence-corrected chi connectivity index (χ4v) is 3.92. The molecule has 194 valence electrons. The quantitative estimate of drug-likeness (QED) is 0.304. The second-order valence-corrected chi connectivity index (χ2v) is 8.15. The molecular weight excluding hydrogens is 478 g/mol. The molecule has 13 heteroatoms. The van der Waals surface area contributed by atoms with Crippen molar-refractivity contribution in [3.8, 4) is 0 Å². The molecule has 2 aliphatic rings. The number of esters is 3. The van der Waals surface area contributed by atoms with E-state index in [-0.39, 0.29) is 5.71 Å². The van der Waals surface area contributed by atoms with Gasteiger partial charge in [-0.15, -0.1) is 0 Å². The highest BCUT2D eigenvalue weighted by molar-refractivity contribution is 6.54. The summed E-state index contributed by atoms with van der Waals surface area (Å²) in [5.74, 6) is -3.08. The van der Waals surface area contributed by atoms with Gasteiger partial charge in [-0.2, -0.15) is 0 Å². The van der Waals surface area contributed by atoms with Gasteiger partial charge in [0.15, 0.2) is 17.9 Å². The molecule has 13 nitrogen and oxygen atoms in total. The van der Waals surface area contributed by atoms with Gasteiger partial charge in [0.2, 0.25) is 5.91 Å². The Hall–Kier alpha value is -4.00. The summed E-state index contributed by atoms with van der Waals surface area (Å²) in [6.07, 6.45) is -5.16. The minimum atomic E-state index is -1.43. The van der Waals surface area contributed by atoms with Crippen molar-refractivity contribution in [3.63, 3.8) is 0 Å². The van der Waals surface area contributed by atoms with Gasteiger partial charge in [0, 0.05) is 40.3 Å². The summed E-state index contributed by atoms with van der Waals surface area (Å²) < 4.78 is 21.6. The van der Waals surface area contributed by atoms with Gasteiger partial charge in [0.1, 0.15) is 18.8 Å². The van der Waals surface area contributed by atoms with Gasteiger partial charge in [-0.25, -0.2) is 0 Å². The largest absolute Gasteiger partial charge is 0.463 e. The summed E-state index contributed by atoms with van der Waals surface area (Å²) in [6.45, 7) is 4.26. The van der Waals surface area contributed by atoms with Gasteiger partial charge in [-0.3, -0.25) is 24.0 Å². The Labute approximate surface area is 206 Å². The van der Waals surface area contributed by atoms with E-state index in [9.17, 15) is 24.0 Å². The Balaban J connectivity index is 1.99. The molecule has 1 fully saturated rings. The number of ether oxygens (including phenoxy) is 4. The zero-order chi connectivity index (χ0) is 26.6. The van der Waals surface area contributed by atoms with Gasteiger partial charge in [-0.05, 0) is 6.07 Å². The Bertz CT molecular complexity index is 1090. The van der Waals surface area contributed by atoms with Crippen molar-refractivity contribution in [1.29, 1.82) is 0 Å². The standard InChI is InChI=1S/C23H27N3O10/c1-11(27)24-19-21(34-14(4)30)20(33-13(3)29)17(10-32-12(2)28)35-23(19)36-25-18-15-8-6-7-9-16(15)26(5)22(18)31/h6-9,17,19-21,23H,10H2,1-5H3,(H,24,27)/b25-18-/t17-,19+,20+,21-,23+/m1/s1. The van der Waals surface area contributed by atoms with Crippen molar-refractivity contribution < 1.29 is 47.8 Å². The Morgan fingerprint density at radius 2 is 1.64 bits per heavy atom. The SMILES string of the molecule is CC(=O)N[C@@H]1[C@H](O/N=C2\C(=O)N(C)c3ccccc32)O[C@H](COC(C)=O)[C@H](OC(C)=O)[C@@H]1OC(C)=O. The maximum Gasteiger partial charge on any atom is 0.303 e. The van der Waals surface area contributed by atoms with Crippen LogP contribution in [-0.2, 0) is 47.8 Å². The second-order valence-electron chi connectivity index (χ2n) is 8.15. The molecule has 0 spiro atoms. The minimum Gasteiger partial charge on any atom is -0.463 e. The predicted octanol–water partition coefficient (Wildman–Crippen LogP) is 0.0398. The van der Waals surface area contributed by atoms with Crippen LogP contribution in [0.4, 0.5) is 5.69 Å². The molecule has 0 unspecified atom stereocenters. The molecule has 2 aliphatic heterocycles. The summed E-state index contributed by atoms with van der Waals surface area (Å²) in [6, 6.07) is 5.71. The van der Waals surface area contributed by atoms with Crippen LogP contribution in [0, 0.1) is 0 Å². The lowest BCUT2D eigenvalue weighted by Gasteiger charge is -2.43. The molecule has 1 N–H and O–H groups in total. The average Bonchev–Trinajstić information content (AvgIpc) is 3.03. The molecule has 5 atom stereocenters. The number of oxime groups is 1. The van der Waals surface area contributed by atoms with Gasteiger partial charge >= 0.3 is 17.9 Å². The molecule has 36 heavy (non-hydrogen) atoms. The number of anilines is 1. The number of nitrogens with one attached hydrogen (secondary N) is 1. The minimum absolute atomic E-state index is 0.0130. The fourth-order valence-electron chi connectivity index (χ4n) is 3.92. The third kappa shape index (κ3) is 5.97. The van der Waals surface area contributed by atoms with E-state index in [0.29, 0.717) is 11.3 Å². The first-order valence-corrected chi connectivity index (χ1v) is 11.0. The fraction of sp³-hybridized carbons (Fsp3) is 0.478. The number of benzene rings is 1. The molecule has 1 saturated heterocycles. The van der Waals surface area contributed by atoms with E-state index in [1.165, 1.54) is 18.7 Å². The van der Waals surface area contributed by atoms with Crippen LogP contribution < -0.4 is 10.2 Å². The van der Waals surface area contributed by atoms with Crippen molar-refractivity contribution in [2.24, 2.45) is 5.16 Å². The van der Waals surface area contributed by atoms with E-state index >= 15 is 0 Å². The first-order valence-electron chi connectivity index (χ1n) is 11.0. The normalized spacial score (nSPS) is 26.1. The second kappa shape index (κ2) is 11.2. The number of amides is 2. The molecule has 0 aliphatic carbocycles. The van der Waals surface area contributed by atoms with Crippen molar-refractivity contribution >= 4 is 41.1 Å². The number of carbonyl (C=O) groups excluding carboxylic acids is 5. The third-order valence-corrected chi connectivity index (χ3v) is 5.35. The topological polar surface area (TPSA) is 159 Å². The number of fused-ring (bicyclic) bond motifs is 1. The number of hydrogen-bond acceptors (Lipinski definition) is 11. The molecule has 1 aromatic carbocycles. The number of likely N-dealkylation sites (N-methyl/N-ethyl adjacent to an activating group) is 1. The van der Waals surface area contributed by atoms with Crippen molar-refractivity contribution in [2.45, 2.75) is 58.3 Å². The zero-order valence-corrected chi connectivity index (χ0v) is 20.4. The van der Waals surface area contributed by atoms with Gasteiger partial charge in [0.05, 0.1) is 5.69 Å². The van der Waals surface area contributed by atoms with Crippen LogP contribution in [-0.4, -0.2) is 79.7 Å². The zero-order valence-electron chi connectivity index (χ0n) is 20.4. The van der Waals surface area contributed by atoms with Crippen molar-refractivity contribution in [2.75, 3.05) is 18.6 Å². The van der Waals surface area contributed by atoms with Gasteiger partial charge in [0.25, 0.3) is 12.2 Å². The smallest absolute Gasteiger partial charge is 0.303 e. The molecule has 2 amide bonds. The molecule has 2 heterocycles. The van der Waals surface area contributed by atoms with Gasteiger partial charge < -0.3 is 34.0 Å². The van der Waals surface area contributed by atoms with E-state index in [1.807, 2.05) is 0 Å². The van der Waals surface area contributed by atoms with Crippen LogP contribution in [0.3, 0.4) is 0 Å². The highest BCUT2D eigenvalue weighted by Crippen LogP contribution is 2.30. The molecule has 0 aromatic heterocycles. The number of para-hydroxylation sites is 1. The molecule has 3 rings (SSSR count). The number of carbonyl (C=O) groups is 5. The van der Waals surface area contributed by atoms with Crippen LogP contribution in [0.15, 0.2) is 29.4 Å². The maximum absolute atomic E-state index is 12.7. The van der Waals surface area contributed by atoms with Crippen LogP contribution >= 0.6 is 0 Å². The Morgan fingerprint density at radius 1 is 1.00 bits per heavy atom. The predicted molar refractivity (Wildman–Crippen MR) is 121 cm³/mol. The highest BCUT2D eigenvalue weighted by Gasteiger charge is 2.52. The third-order valence-electron chi connectivity index (χ3n) is 5.35. The highest BCUT2D eigenvalue weighted by atomic mass is 16.8. The van der Waals surface area contributed by atoms with Crippen LogP contribution in [0.25, 0.3) is 0 Å². The number of rotatable bonds is 7. The van der Waals surface area contributed by atoms with E-state index < -0.39 is 67.0 Å². The average molecular weight is 505 g/mol. The lowest BCUT2D eigenvalue weighted by Crippen LogP contribution is -2.66. The van der Waals surface area contributed by atoms with Crippen LogP contribution in [0.1, 0.15) is 33.3 Å². The first-order chi connectivity index (χ1) is 17.0. The van der Waals surface area contributed by atoms with Crippen LogP contribution in [0.5, 0.6) is 0 Å². The Morgan fingerprint density at radius 3 is 2.25 bits per heavy atom. The summed E-state index contributed by atoms with van der Waals surface area (Å²) in [7, 11) is 1.58. The van der Waals surface area contributed by atoms with E-state index in [2.05, 4.69) is 10.5 Å². The lowest BCUT2D eigenvalue weighted by atomic mass is 9.96. The molecular formula is C23H27N3O10. The van der Waals surface area contributed by atoms with E-state index in [4.69, 9.17) is 23.8 Å². The summed E-state index contributed by atoms with van der Waals surface area (Å²) in [5.41, 5.74) is 1.12. The van der Waals surface area contributed by atoms with Crippen LogP contribution in [0.2, 0.25) is 0 Å². The first kappa shape index (κ1) is 26.6. The van der Waals surface area contributed by atoms with E-state index in [1.54, 1.807) is 31.3 Å². The lowest BCUT2D eigenvalue weighted by molar-refractivity contribution is -0.278. The number of nitrogens with zero attached hydrogens (tertiary/aromatic N) is 2. The van der Waals surface area contributed by atoms with Crippen molar-refractivity contribution in [3.05, 3.63) is 29.8 Å². The summed E-state index contributed by atoms with van der Waals surface area (Å²) in [5, 5.41) is 6.56. The van der Waals surface area contributed by atoms with Crippen molar-refractivity contribution in [1.82, 2.24) is 5.32 Å². The summed E-state index contributed by atoms with van der Waals surface area (Å²) >= 11 is 0. The Kier molecular flexibility index (Phi) is 8.25. The van der Waals surface area contributed by atoms with E-state index in [0.717, 1.165) is 13.8 Å². The molecule has 0 radical (unpaired) electrons. The number of hydrogen-bond donors (Lipinski definition) is 1.